The van der Waals surface area contributed by atoms with Crippen LogP contribution in [0.3, 0.4) is 0 Å². The van der Waals surface area contributed by atoms with E-state index in [1.54, 1.807) is 0 Å². The Morgan fingerprint density at radius 1 is 1.07 bits per heavy atom. The minimum atomic E-state index is 0.938. The number of piperidine rings is 1. The van der Waals surface area contributed by atoms with Crippen LogP contribution in [-0.2, 0) is 6.54 Å². The minimum Gasteiger partial charge on any atom is -0.251 e. The standard InChI is InChI=1S/C12H17BrN2/c13-12-6-4-11(5-7-12)10-14-15-8-2-1-3-9-15/h4-7,14H,1-3,8-10H2. The molecule has 1 fully saturated rings. The highest BCUT2D eigenvalue weighted by Crippen LogP contribution is 2.11. The first-order chi connectivity index (χ1) is 7.34. The zero-order valence-corrected chi connectivity index (χ0v) is 10.5. The van der Waals surface area contributed by atoms with Gasteiger partial charge < -0.3 is 0 Å². The van der Waals surface area contributed by atoms with Crippen molar-refractivity contribution in [2.75, 3.05) is 13.1 Å². The van der Waals surface area contributed by atoms with E-state index in [2.05, 4.69) is 50.6 Å². The number of hydrogen-bond acceptors (Lipinski definition) is 2. The van der Waals surface area contributed by atoms with E-state index < -0.39 is 0 Å². The zero-order valence-electron chi connectivity index (χ0n) is 8.88. The maximum Gasteiger partial charge on any atom is 0.0353 e. The molecular formula is C12H17BrN2. The van der Waals surface area contributed by atoms with E-state index in [0.717, 1.165) is 11.0 Å². The van der Waals surface area contributed by atoms with Gasteiger partial charge in [-0.25, -0.2) is 5.01 Å². The summed E-state index contributed by atoms with van der Waals surface area (Å²) in [6, 6.07) is 8.49. The highest BCUT2D eigenvalue weighted by atomic mass is 79.9. The molecule has 1 saturated heterocycles. The summed E-state index contributed by atoms with van der Waals surface area (Å²) in [4.78, 5) is 0. The average Bonchev–Trinajstić information content (AvgIpc) is 2.30. The van der Waals surface area contributed by atoms with Crippen molar-refractivity contribution >= 4 is 15.9 Å². The first kappa shape index (κ1) is 11.1. The molecule has 0 unspecified atom stereocenters. The summed E-state index contributed by atoms with van der Waals surface area (Å²) in [6.07, 6.45) is 4.04. The Labute approximate surface area is 99.8 Å². The van der Waals surface area contributed by atoms with Crippen molar-refractivity contribution in [2.45, 2.75) is 25.8 Å². The maximum atomic E-state index is 3.48. The van der Waals surface area contributed by atoms with Gasteiger partial charge in [0.25, 0.3) is 0 Å². The van der Waals surface area contributed by atoms with Crippen LogP contribution in [0.4, 0.5) is 0 Å². The third kappa shape index (κ3) is 3.59. The minimum absolute atomic E-state index is 0.938. The SMILES string of the molecule is Brc1ccc(CNN2CCCCC2)cc1. The van der Waals surface area contributed by atoms with E-state index in [4.69, 9.17) is 0 Å². The molecule has 15 heavy (non-hydrogen) atoms. The molecule has 0 saturated carbocycles. The van der Waals surface area contributed by atoms with Crippen molar-refractivity contribution in [2.24, 2.45) is 0 Å². The van der Waals surface area contributed by atoms with Crippen LogP contribution in [0, 0.1) is 0 Å². The van der Waals surface area contributed by atoms with Gasteiger partial charge in [0.05, 0.1) is 0 Å². The summed E-state index contributed by atoms with van der Waals surface area (Å²) in [5.74, 6) is 0. The molecular weight excluding hydrogens is 252 g/mol. The van der Waals surface area contributed by atoms with Crippen molar-refractivity contribution in [3.8, 4) is 0 Å². The van der Waals surface area contributed by atoms with Gasteiger partial charge in [-0.05, 0) is 30.5 Å². The van der Waals surface area contributed by atoms with Crippen LogP contribution in [0.2, 0.25) is 0 Å². The molecule has 1 aliphatic rings. The Balaban J connectivity index is 1.79. The Morgan fingerprint density at radius 3 is 2.40 bits per heavy atom. The van der Waals surface area contributed by atoms with Crippen molar-refractivity contribution in [3.63, 3.8) is 0 Å². The van der Waals surface area contributed by atoms with E-state index >= 15 is 0 Å². The Bertz CT molecular complexity index is 291. The number of hydrazine groups is 1. The second kappa shape index (κ2) is 5.64. The second-order valence-corrected chi connectivity index (χ2v) is 4.92. The van der Waals surface area contributed by atoms with E-state index in [9.17, 15) is 0 Å². The summed E-state index contributed by atoms with van der Waals surface area (Å²) >= 11 is 3.44. The summed E-state index contributed by atoms with van der Waals surface area (Å²) in [5.41, 5.74) is 4.81. The first-order valence-corrected chi connectivity index (χ1v) is 6.37. The molecule has 1 heterocycles. The molecule has 2 nitrogen and oxygen atoms in total. The van der Waals surface area contributed by atoms with Crippen molar-refractivity contribution < 1.29 is 0 Å². The van der Waals surface area contributed by atoms with Crippen molar-refractivity contribution in [1.29, 1.82) is 0 Å². The fraction of sp³-hybridized carbons (Fsp3) is 0.500. The van der Waals surface area contributed by atoms with Gasteiger partial charge in [-0.3, -0.25) is 5.43 Å². The lowest BCUT2D eigenvalue weighted by Crippen LogP contribution is -2.41. The quantitative estimate of drug-likeness (QED) is 0.907. The van der Waals surface area contributed by atoms with E-state index in [-0.39, 0.29) is 0 Å². The Hall–Kier alpha value is -0.380. The molecule has 1 aromatic carbocycles. The first-order valence-electron chi connectivity index (χ1n) is 5.57. The molecule has 1 N–H and O–H groups in total. The normalized spacial score (nSPS) is 17.9. The summed E-state index contributed by atoms with van der Waals surface area (Å²) < 4.78 is 1.14. The lowest BCUT2D eigenvalue weighted by molar-refractivity contribution is 0.151. The highest BCUT2D eigenvalue weighted by molar-refractivity contribution is 9.10. The zero-order chi connectivity index (χ0) is 10.5. The fourth-order valence-electron chi connectivity index (χ4n) is 1.86. The maximum absolute atomic E-state index is 3.48. The van der Waals surface area contributed by atoms with Crippen LogP contribution in [0.5, 0.6) is 0 Å². The van der Waals surface area contributed by atoms with Gasteiger partial charge in [-0.2, -0.15) is 0 Å². The van der Waals surface area contributed by atoms with Crippen molar-refractivity contribution in [1.82, 2.24) is 10.4 Å². The number of hydrogen-bond donors (Lipinski definition) is 1. The predicted molar refractivity (Wildman–Crippen MR) is 66.4 cm³/mol. The number of halogens is 1. The van der Waals surface area contributed by atoms with E-state index in [1.165, 1.54) is 37.9 Å². The predicted octanol–water partition coefficient (Wildman–Crippen LogP) is 2.94. The number of rotatable bonds is 3. The van der Waals surface area contributed by atoms with E-state index in [1.807, 2.05) is 0 Å². The van der Waals surface area contributed by atoms with Gasteiger partial charge in [-0.1, -0.05) is 34.5 Å². The van der Waals surface area contributed by atoms with Gasteiger partial charge in [0, 0.05) is 24.1 Å². The number of nitrogens with zero attached hydrogens (tertiary/aromatic N) is 1. The monoisotopic (exact) mass is 268 g/mol. The van der Waals surface area contributed by atoms with Gasteiger partial charge in [0.1, 0.15) is 0 Å². The molecule has 3 heteroatoms. The molecule has 1 aliphatic heterocycles. The van der Waals surface area contributed by atoms with Crippen LogP contribution in [-0.4, -0.2) is 18.1 Å². The van der Waals surface area contributed by atoms with Crippen LogP contribution in [0.15, 0.2) is 28.7 Å². The summed E-state index contributed by atoms with van der Waals surface area (Å²) in [7, 11) is 0. The number of nitrogens with one attached hydrogen (secondary N) is 1. The average molecular weight is 269 g/mol. The highest BCUT2D eigenvalue weighted by Gasteiger charge is 2.08. The van der Waals surface area contributed by atoms with Gasteiger partial charge in [-0.15, -0.1) is 0 Å². The van der Waals surface area contributed by atoms with Crippen LogP contribution >= 0.6 is 15.9 Å². The molecule has 0 aliphatic carbocycles. The van der Waals surface area contributed by atoms with Crippen molar-refractivity contribution in [3.05, 3.63) is 34.3 Å². The molecule has 0 bridgehead atoms. The molecule has 0 radical (unpaired) electrons. The lowest BCUT2D eigenvalue weighted by atomic mass is 10.2. The Kier molecular flexibility index (Phi) is 4.18. The van der Waals surface area contributed by atoms with E-state index in [0.29, 0.717) is 0 Å². The summed E-state index contributed by atoms with van der Waals surface area (Å²) in [5, 5.41) is 2.34. The van der Waals surface area contributed by atoms with Gasteiger partial charge in [0.2, 0.25) is 0 Å². The Morgan fingerprint density at radius 2 is 1.73 bits per heavy atom. The largest absolute Gasteiger partial charge is 0.251 e. The van der Waals surface area contributed by atoms with Crippen LogP contribution < -0.4 is 5.43 Å². The molecule has 1 aromatic rings. The molecule has 0 spiro atoms. The second-order valence-electron chi connectivity index (χ2n) is 4.01. The van der Waals surface area contributed by atoms with Crippen LogP contribution in [0.1, 0.15) is 24.8 Å². The van der Waals surface area contributed by atoms with Gasteiger partial charge >= 0.3 is 0 Å². The molecule has 2 rings (SSSR count). The third-order valence-electron chi connectivity index (χ3n) is 2.78. The topological polar surface area (TPSA) is 15.3 Å². The third-order valence-corrected chi connectivity index (χ3v) is 3.30. The number of benzene rings is 1. The lowest BCUT2D eigenvalue weighted by Gasteiger charge is -2.27. The smallest absolute Gasteiger partial charge is 0.0353 e. The molecule has 0 atom stereocenters. The molecule has 82 valence electrons. The fourth-order valence-corrected chi connectivity index (χ4v) is 2.12. The van der Waals surface area contributed by atoms with Gasteiger partial charge in [0.15, 0.2) is 0 Å². The van der Waals surface area contributed by atoms with Crippen LogP contribution in [0.25, 0.3) is 0 Å². The molecule has 0 aromatic heterocycles. The summed E-state index contributed by atoms with van der Waals surface area (Å²) in [6.45, 7) is 3.32. The molecule has 0 amide bonds.